The number of amides is 1. The predicted molar refractivity (Wildman–Crippen MR) is 116 cm³/mol. The van der Waals surface area contributed by atoms with E-state index >= 15 is 0 Å². The maximum Gasteiger partial charge on any atom is 0.338 e. The summed E-state index contributed by atoms with van der Waals surface area (Å²) in [6.07, 6.45) is 2.74. The number of fused-ring (bicyclic) bond motifs is 1. The van der Waals surface area contributed by atoms with Gasteiger partial charge in [-0.3, -0.25) is 4.79 Å². The molecule has 1 aliphatic heterocycles. The van der Waals surface area contributed by atoms with Crippen molar-refractivity contribution in [2.75, 3.05) is 34.0 Å². The van der Waals surface area contributed by atoms with Gasteiger partial charge in [0.1, 0.15) is 5.75 Å². The third kappa shape index (κ3) is 5.69. The molecule has 3 rings (SSSR count). The second-order valence-corrected chi connectivity index (χ2v) is 7.34. The van der Waals surface area contributed by atoms with Crippen LogP contribution < -0.4 is 14.2 Å². The van der Waals surface area contributed by atoms with Gasteiger partial charge in [-0.1, -0.05) is 13.3 Å². The fourth-order valence-electron chi connectivity index (χ4n) is 3.42. The van der Waals surface area contributed by atoms with E-state index in [2.05, 4.69) is 6.92 Å². The van der Waals surface area contributed by atoms with Crippen LogP contribution in [0, 0.1) is 0 Å². The Morgan fingerprint density at radius 1 is 1.00 bits per heavy atom. The summed E-state index contributed by atoms with van der Waals surface area (Å²) in [5, 5.41) is 0. The van der Waals surface area contributed by atoms with Gasteiger partial charge in [0.15, 0.2) is 18.1 Å². The van der Waals surface area contributed by atoms with Crippen LogP contribution in [-0.2, 0) is 22.5 Å². The Morgan fingerprint density at radius 3 is 2.32 bits per heavy atom. The second-order valence-electron chi connectivity index (χ2n) is 7.34. The van der Waals surface area contributed by atoms with E-state index in [9.17, 15) is 9.59 Å². The summed E-state index contributed by atoms with van der Waals surface area (Å²) >= 11 is 0. The highest BCUT2D eigenvalue weighted by molar-refractivity contribution is 5.91. The molecule has 0 N–H and O–H groups in total. The molecule has 1 heterocycles. The topological polar surface area (TPSA) is 74.3 Å². The van der Waals surface area contributed by atoms with E-state index in [4.69, 9.17) is 18.9 Å². The van der Waals surface area contributed by atoms with Crippen LogP contribution in [0.2, 0.25) is 0 Å². The molecular weight excluding hydrogens is 398 g/mol. The first kappa shape index (κ1) is 22.5. The molecule has 31 heavy (non-hydrogen) atoms. The zero-order valence-corrected chi connectivity index (χ0v) is 18.3. The molecule has 0 aliphatic carbocycles. The van der Waals surface area contributed by atoms with E-state index in [-0.39, 0.29) is 12.5 Å². The van der Waals surface area contributed by atoms with Crippen LogP contribution in [0.1, 0.15) is 41.3 Å². The zero-order chi connectivity index (χ0) is 22.2. The molecule has 0 bridgehead atoms. The van der Waals surface area contributed by atoms with Gasteiger partial charge in [-0.2, -0.15) is 0 Å². The Bertz CT molecular complexity index is 909. The molecule has 0 saturated heterocycles. The molecule has 2 aromatic carbocycles. The average molecular weight is 427 g/mol. The van der Waals surface area contributed by atoms with Crippen LogP contribution in [0.4, 0.5) is 0 Å². The van der Waals surface area contributed by atoms with Gasteiger partial charge >= 0.3 is 5.97 Å². The summed E-state index contributed by atoms with van der Waals surface area (Å²) in [4.78, 5) is 26.6. The Balaban J connectivity index is 1.53. The molecule has 0 saturated carbocycles. The summed E-state index contributed by atoms with van der Waals surface area (Å²) in [6.45, 7) is 3.45. The van der Waals surface area contributed by atoms with Crippen LogP contribution in [0.25, 0.3) is 0 Å². The molecule has 1 aliphatic rings. The maximum atomic E-state index is 12.6. The molecule has 0 atom stereocenters. The number of ether oxygens (including phenoxy) is 4. The largest absolute Gasteiger partial charge is 0.494 e. The Hall–Kier alpha value is -3.22. The quantitative estimate of drug-likeness (QED) is 0.450. The lowest BCUT2D eigenvalue weighted by Gasteiger charge is -2.29. The van der Waals surface area contributed by atoms with Crippen molar-refractivity contribution in [2.45, 2.75) is 32.7 Å². The molecule has 0 radical (unpaired) electrons. The van der Waals surface area contributed by atoms with Gasteiger partial charge in [-0.15, -0.1) is 0 Å². The first-order chi connectivity index (χ1) is 15.0. The summed E-state index contributed by atoms with van der Waals surface area (Å²) in [5.74, 6) is 1.26. The van der Waals surface area contributed by atoms with Gasteiger partial charge in [-0.25, -0.2) is 4.79 Å². The molecule has 0 spiro atoms. The Morgan fingerprint density at radius 2 is 1.68 bits per heavy atom. The summed E-state index contributed by atoms with van der Waals surface area (Å²) in [5.41, 5.74) is 2.51. The second kappa shape index (κ2) is 10.7. The number of benzene rings is 2. The molecular formula is C24H29NO6. The monoisotopic (exact) mass is 427 g/mol. The van der Waals surface area contributed by atoms with Crippen molar-refractivity contribution >= 4 is 11.9 Å². The molecule has 0 unspecified atom stereocenters. The Kier molecular flexibility index (Phi) is 7.76. The van der Waals surface area contributed by atoms with Crippen molar-refractivity contribution in [3.63, 3.8) is 0 Å². The first-order valence-corrected chi connectivity index (χ1v) is 10.5. The lowest BCUT2D eigenvalue weighted by Crippen LogP contribution is -2.38. The number of esters is 1. The number of unbranched alkanes of at least 4 members (excludes halogenated alkanes) is 1. The third-order valence-corrected chi connectivity index (χ3v) is 5.25. The highest BCUT2D eigenvalue weighted by atomic mass is 16.5. The zero-order valence-electron chi connectivity index (χ0n) is 18.3. The van der Waals surface area contributed by atoms with Crippen LogP contribution in [0.3, 0.4) is 0 Å². The van der Waals surface area contributed by atoms with Crippen molar-refractivity contribution in [1.29, 1.82) is 0 Å². The van der Waals surface area contributed by atoms with Crippen LogP contribution in [-0.4, -0.2) is 50.8 Å². The van der Waals surface area contributed by atoms with E-state index in [0.29, 0.717) is 48.9 Å². The van der Waals surface area contributed by atoms with Gasteiger partial charge in [0.2, 0.25) is 0 Å². The van der Waals surface area contributed by atoms with Gasteiger partial charge in [0, 0.05) is 13.1 Å². The SMILES string of the molecule is CCCCOc1ccc(C(=O)OCC(=O)N2CCc3cc(OC)c(OC)cc3C2)cc1. The fraction of sp³-hybridized carbons (Fsp3) is 0.417. The van der Waals surface area contributed by atoms with Crippen LogP contribution in [0.5, 0.6) is 17.2 Å². The number of methoxy groups -OCH3 is 2. The van der Waals surface area contributed by atoms with E-state index < -0.39 is 5.97 Å². The molecule has 7 nitrogen and oxygen atoms in total. The summed E-state index contributed by atoms with van der Waals surface area (Å²) in [7, 11) is 3.18. The van der Waals surface area contributed by atoms with Gasteiger partial charge in [0.25, 0.3) is 5.91 Å². The smallest absolute Gasteiger partial charge is 0.338 e. The van der Waals surface area contributed by atoms with Gasteiger partial charge in [0.05, 0.1) is 26.4 Å². The first-order valence-electron chi connectivity index (χ1n) is 10.5. The molecule has 0 aromatic heterocycles. The Labute approximate surface area is 182 Å². The minimum absolute atomic E-state index is 0.228. The molecule has 7 heteroatoms. The van der Waals surface area contributed by atoms with Crippen molar-refractivity contribution in [3.8, 4) is 17.2 Å². The lowest BCUT2D eigenvalue weighted by molar-refractivity contribution is -0.135. The van der Waals surface area contributed by atoms with Crippen molar-refractivity contribution in [2.24, 2.45) is 0 Å². The summed E-state index contributed by atoms with van der Waals surface area (Å²) < 4.78 is 21.5. The minimum atomic E-state index is -0.530. The number of rotatable bonds is 9. The van der Waals surface area contributed by atoms with E-state index in [1.807, 2.05) is 12.1 Å². The number of carbonyl (C=O) groups excluding carboxylic acids is 2. The molecule has 0 fully saturated rings. The standard InChI is InChI=1S/C24H29NO6/c1-4-5-12-30-20-8-6-17(7-9-20)24(27)31-16-23(26)25-11-10-18-13-21(28-2)22(29-3)14-19(18)15-25/h6-9,13-14H,4-5,10-12,15-16H2,1-3H3. The van der Waals surface area contributed by atoms with E-state index in [1.165, 1.54) is 0 Å². The predicted octanol–water partition coefficient (Wildman–Crippen LogP) is 3.62. The van der Waals surface area contributed by atoms with Crippen molar-refractivity contribution < 1.29 is 28.5 Å². The normalized spacial score (nSPS) is 12.7. The number of hydrogen-bond acceptors (Lipinski definition) is 6. The maximum absolute atomic E-state index is 12.6. The lowest BCUT2D eigenvalue weighted by atomic mass is 9.99. The minimum Gasteiger partial charge on any atom is -0.494 e. The van der Waals surface area contributed by atoms with Crippen molar-refractivity contribution in [1.82, 2.24) is 4.90 Å². The molecule has 1 amide bonds. The van der Waals surface area contributed by atoms with Gasteiger partial charge < -0.3 is 23.8 Å². The van der Waals surface area contributed by atoms with Gasteiger partial charge in [-0.05, 0) is 60.4 Å². The molecule has 2 aromatic rings. The number of carbonyl (C=O) groups is 2. The average Bonchev–Trinajstić information content (AvgIpc) is 2.81. The highest BCUT2D eigenvalue weighted by Crippen LogP contribution is 2.33. The van der Waals surface area contributed by atoms with Crippen LogP contribution >= 0.6 is 0 Å². The summed E-state index contributed by atoms with van der Waals surface area (Å²) in [6, 6.07) is 10.6. The van der Waals surface area contributed by atoms with E-state index in [1.54, 1.807) is 43.4 Å². The van der Waals surface area contributed by atoms with Crippen molar-refractivity contribution in [3.05, 3.63) is 53.1 Å². The van der Waals surface area contributed by atoms with E-state index in [0.717, 1.165) is 24.0 Å². The highest BCUT2D eigenvalue weighted by Gasteiger charge is 2.23. The number of hydrogen-bond donors (Lipinski definition) is 0. The number of nitrogens with zero attached hydrogens (tertiary/aromatic N) is 1. The third-order valence-electron chi connectivity index (χ3n) is 5.25. The van der Waals surface area contributed by atoms with Crippen LogP contribution in [0.15, 0.2) is 36.4 Å². The molecule has 166 valence electrons. The fourth-order valence-corrected chi connectivity index (χ4v) is 3.42.